The molecule has 2 aromatic rings. The largest absolute Gasteiger partial charge is 0.493 e. The molecule has 0 unspecified atom stereocenters. The number of carbonyl (C=O) groups excluding carboxylic acids is 2. The first kappa shape index (κ1) is 18.9. The molecule has 0 saturated heterocycles. The van der Waals surface area contributed by atoms with Crippen LogP contribution in [0.1, 0.15) is 16.1 Å². The molecule has 0 aliphatic heterocycles. The number of benzene rings is 1. The molecular weight excluding hydrogens is 346 g/mol. The van der Waals surface area contributed by atoms with Crippen LogP contribution >= 0.6 is 0 Å². The number of ether oxygens (including phenoxy) is 4. The molecule has 0 atom stereocenters. The second-order valence-corrected chi connectivity index (χ2v) is 4.98. The van der Waals surface area contributed by atoms with Crippen molar-refractivity contribution in [3.05, 3.63) is 29.5 Å². The third-order valence-corrected chi connectivity index (χ3v) is 3.20. The maximum Gasteiger partial charge on any atom is 0.276 e. The fourth-order valence-electron chi connectivity index (χ4n) is 2.00. The van der Waals surface area contributed by atoms with Crippen molar-refractivity contribution in [2.24, 2.45) is 0 Å². The summed E-state index contributed by atoms with van der Waals surface area (Å²) in [5.74, 6) is 0.555. The molecule has 2 N–H and O–H groups in total. The van der Waals surface area contributed by atoms with Crippen LogP contribution in [0.2, 0.25) is 0 Å². The van der Waals surface area contributed by atoms with Gasteiger partial charge in [-0.3, -0.25) is 20.4 Å². The van der Waals surface area contributed by atoms with Crippen LogP contribution in [-0.2, 0) is 4.79 Å². The van der Waals surface area contributed by atoms with Gasteiger partial charge in [0.2, 0.25) is 5.75 Å². The number of hydrogen-bond donors (Lipinski definition) is 2. The van der Waals surface area contributed by atoms with E-state index >= 15 is 0 Å². The van der Waals surface area contributed by atoms with Gasteiger partial charge in [0.05, 0.1) is 21.3 Å². The average Bonchev–Trinajstić information content (AvgIpc) is 3.08. The van der Waals surface area contributed by atoms with Crippen molar-refractivity contribution < 1.29 is 33.1 Å². The van der Waals surface area contributed by atoms with Gasteiger partial charge < -0.3 is 23.5 Å². The fraction of sp³-hybridized carbons (Fsp3) is 0.312. The van der Waals surface area contributed by atoms with Crippen molar-refractivity contribution in [1.29, 1.82) is 0 Å². The Morgan fingerprint density at radius 2 is 1.69 bits per heavy atom. The average molecular weight is 365 g/mol. The van der Waals surface area contributed by atoms with Crippen LogP contribution in [0.5, 0.6) is 23.1 Å². The number of carbonyl (C=O) groups is 2. The van der Waals surface area contributed by atoms with E-state index in [1.807, 2.05) is 0 Å². The van der Waals surface area contributed by atoms with Crippen LogP contribution in [0, 0.1) is 6.92 Å². The third-order valence-electron chi connectivity index (χ3n) is 3.20. The molecule has 0 spiro atoms. The summed E-state index contributed by atoms with van der Waals surface area (Å²) in [6, 6.07) is 4.44. The van der Waals surface area contributed by atoms with Crippen LogP contribution < -0.4 is 29.8 Å². The number of rotatable bonds is 7. The molecule has 2 rings (SSSR count). The van der Waals surface area contributed by atoms with Crippen molar-refractivity contribution >= 4 is 11.8 Å². The van der Waals surface area contributed by atoms with E-state index in [-0.39, 0.29) is 18.1 Å². The summed E-state index contributed by atoms with van der Waals surface area (Å²) in [4.78, 5) is 23.9. The van der Waals surface area contributed by atoms with E-state index in [1.54, 1.807) is 6.92 Å². The van der Waals surface area contributed by atoms with Gasteiger partial charge in [0.15, 0.2) is 18.1 Å². The molecule has 26 heavy (non-hydrogen) atoms. The molecule has 0 fully saturated rings. The Bertz CT molecular complexity index is 763. The van der Waals surface area contributed by atoms with Gasteiger partial charge in [0.25, 0.3) is 17.7 Å². The van der Waals surface area contributed by atoms with Gasteiger partial charge in [-0.15, -0.1) is 0 Å². The fourth-order valence-corrected chi connectivity index (χ4v) is 2.00. The van der Waals surface area contributed by atoms with Crippen LogP contribution in [0.4, 0.5) is 0 Å². The molecule has 0 radical (unpaired) electrons. The van der Waals surface area contributed by atoms with E-state index < -0.39 is 11.8 Å². The van der Waals surface area contributed by atoms with Crippen LogP contribution in [0.3, 0.4) is 0 Å². The lowest BCUT2D eigenvalue weighted by Gasteiger charge is -2.14. The summed E-state index contributed by atoms with van der Waals surface area (Å²) in [6.45, 7) is 1.35. The highest BCUT2D eigenvalue weighted by molar-refractivity contribution is 5.96. The number of methoxy groups -OCH3 is 3. The monoisotopic (exact) mass is 365 g/mol. The highest BCUT2D eigenvalue weighted by atomic mass is 16.5. The Kier molecular flexibility index (Phi) is 6.25. The first-order valence-electron chi connectivity index (χ1n) is 7.43. The van der Waals surface area contributed by atoms with Crippen LogP contribution in [0.15, 0.2) is 22.7 Å². The number of amides is 2. The third kappa shape index (κ3) is 4.56. The predicted octanol–water partition coefficient (Wildman–Crippen LogP) is 0.849. The molecule has 0 aliphatic rings. The summed E-state index contributed by atoms with van der Waals surface area (Å²) < 4.78 is 25.4. The van der Waals surface area contributed by atoms with Gasteiger partial charge in [-0.05, 0) is 24.2 Å². The maximum atomic E-state index is 12.2. The minimum absolute atomic E-state index is 0.175. The zero-order valence-electron chi connectivity index (χ0n) is 14.7. The lowest BCUT2D eigenvalue weighted by Crippen LogP contribution is -2.43. The molecule has 10 nitrogen and oxygen atoms in total. The number of aryl methyl sites for hydroxylation is 1. The first-order chi connectivity index (χ1) is 12.5. The minimum Gasteiger partial charge on any atom is -0.493 e. The molecule has 10 heteroatoms. The molecule has 2 amide bonds. The van der Waals surface area contributed by atoms with Crippen molar-refractivity contribution in [2.45, 2.75) is 6.92 Å². The van der Waals surface area contributed by atoms with Gasteiger partial charge in [0, 0.05) is 11.6 Å². The maximum absolute atomic E-state index is 12.2. The van der Waals surface area contributed by atoms with E-state index in [1.165, 1.54) is 39.5 Å². The summed E-state index contributed by atoms with van der Waals surface area (Å²) in [6.07, 6.45) is 0. The Morgan fingerprint density at radius 1 is 1.04 bits per heavy atom. The van der Waals surface area contributed by atoms with E-state index in [2.05, 4.69) is 16.0 Å². The van der Waals surface area contributed by atoms with Crippen LogP contribution in [-0.4, -0.2) is 44.9 Å². The Hall–Kier alpha value is -3.43. The number of hydrogen-bond acceptors (Lipinski definition) is 8. The van der Waals surface area contributed by atoms with Crippen molar-refractivity contribution in [3.8, 4) is 23.1 Å². The van der Waals surface area contributed by atoms with Crippen LogP contribution in [0.25, 0.3) is 0 Å². The highest BCUT2D eigenvalue weighted by Crippen LogP contribution is 2.38. The number of nitrogens with one attached hydrogen (secondary N) is 2. The Labute approximate surface area is 149 Å². The number of nitrogens with zero attached hydrogens (tertiary/aromatic N) is 1. The lowest BCUT2D eigenvalue weighted by atomic mass is 10.1. The molecule has 0 saturated carbocycles. The van der Waals surface area contributed by atoms with Crippen molar-refractivity contribution in [2.75, 3.05) is 27.9 Å². The Balaban J connectivity index is 1.95. The van der Waals surface area contributed by atoms with Gasteiger partial charge in [-0.25, -0.2) is 0 Å². The minimum atomic E-state index is -0.577. The lowest BCUT2D eigenvalue weighted by molar-refractivity contribution is -0.123. The molecule has 1 aromatic heterocycles. The second kappa shape index (κ2) is 8.60. The molecule has 1 heterocycles. The smallest absolute Gasteiger partial charge is 0.276 e. The van der Waals surface area contributed by atoms with Crippen molar-refractivity contribution in [1.82, 2.24) is 16.0 Å². The van der Waals surface area contributed by atoms with E-state index in [9.17, 15) is 9.59 Å². The summed E-state index contributed by atoms with van der Waals surface area (Å²) >= 11 is 0. The zero-order valence-corrected chi connectivity index (χ0v) is 14.7. The Morgan fingerprint density at radius 3 is 2.19 bits per heavy atom. The van der Waals surface area contributed by atoms with Gasteiger partial charge in [0.1, 0.15) is 5.76 Å². The molecule has 0 bridgehead atoms. The van der Waals surface area contributed by atoms with E-state index in [0.717, 1.165) is 0 Å². The first-order valence-corrected chi connectivity index (χ1v) is 7.43. The molecule has 0 aliphatic carbocycles. The second-order valence-electron chi connectivity index (χ2n) is 4.98. The highest BCUT2D eigenvalue weighted by Gasteiger charge is 2.17. The molecule has 140 valence electrons. The standard InChI is InChI=1S/C16H19N3O7/c1-9-5-14(19-26-9)25-8-13(20)17-18-16(21)10-6-11(22-2)15(24-4)12(7-10)23-3/h5-7H,8H2,1-4H3,(H,17,20)(H,18,21). The summed E-state index contributed by atoms with van der Waals surface area (Å²) in [5, 5.41) is 3.58. The van der Waals surface area contributed by atoms with E-state index in [0.29, 0.717) is 23.0 Å². The topological polar surface area (TPSA) is 121 Å². The number of hydrazine groups is 1. The molecular formula is C16H19N3O7. The zero-order chi connectivity index (χ0) is 19.1. The van der Waals surface area contributed by atoms with Gasteiger partial charge in [-0.1, -0.05) is 0 Å². The number of aromatic nitrogens is 1. The van der Waals surface area contributed by atoms with Gasteiger partial charge in [-0.2, -0.15) is 0 Å². The summed E-state index contributed by atoms with van der Waals surface area (Å²) in [5.41, 5.74) is 4.69. The SMILES string of the molecule is COc1cc(C(=O)NNC(=O)COc2cc(C)on2)cc(OC)c1OC. The van der Waals surface area contributed by atoms with E-state index in [4.69, 9.17) is 23.5 Å². The van der Waals surface area contributed by atoms with Gasteiger partial charge >= 0.3 is 0 Å². The summed E-state index contributed by atoms with van der Waals surface area (Å²) in [7, 11) is 4.32. The quantitative estimate of drug-likeness (QED) is 0.693. The molecule has 1 aromatic carbocycles. The normalized spacial score (nSPS) is 10.0. The predicted molar refractivity (Wildman–Crippen MR) is 88.4 cm³/mol. The van der Waals surface area contributed by atoms with Crippen molar-refractivity contribution in [3.63, 3.8) is 0 Å².